The van der Waals surface area contributed by atoms with Crippen molar-refractivity contribution in [2.24, 2.45) is 0 Å². The number of hydrogen-bond donors (Lipinski definition) is 1. The summed E-state index contributed by atoms with van der Waals surface area (Å²) in [5, 5.41) is 3.71. The van der Waals surface area contributed by atoms with E-state index in [0.717, 1.165) is 5.39 Å². The van der Waals surface area contributed by atoms with Crippen LogP contribution in [-0.2, 0) is 14.3 Å². The second kappa shape index (κ2) is 8.30. The minimum Gasteiger partial charge on any atom is -0.465 e. The lowest BCUT2D eigenvalue weighted by Gasteiger charge is -2.21. The van der Waals surface area contributed by atoms with Crippen LogP contribution in [0, 0.1) is 0 Å². The van der Waals surface area contributed by atoms with E-state index in [-0.39, 0.29) is 18.4 Å². The molecule has 0 radical (unpaired) electrons. The van der Waals surface area contributed by atoms with Crippen molar-refractivity contribution in [2.75, 3.05) is 23.9 Å². The van der Waals surface area contributed by atoms with Gasteiger partial charge >= 0.3 is 5.97 Å². The van der Waals surface area contributed by atoms with Gasteiger partial charge in [-0.3, -0.25) is 14.6 Å². The Labute approximate surface area is 161 Å². The molecule has 142 valence electrons. The Morgan fingerprint density at radius 1 is 1.04 bits per heavy atom. The summed E-state index contributed by atoms with van der Waals surface area (Å²) < 4.78 is 4.66. The highest BCUT2D eigenvalue weighted by Crippen LogP contribution is 2.21. The number of esters is 1. The number of amides is 2. The summed E-state index contributed by atoms with van der Waals surface area (Å²) >= 11 is 0. The van der Waals surface area contributed by atoms with Crippen LogP contribution in [0.5, 0.6) is 0 Å². The van der Waals surface area contributed by atoms with E-state index in [1.165, 1.54) is 18.9 Å². The van der Waals surface area contributed by atoms with Gasteiger partial charge in [0.2, 0.25) is 11.8 Å². The topological polar surface area (TPSA) is 88.6 Å². The summed E-state index contributed by atoms with van der Waals surface area (Å²) in [5.41, 5.74) is 2.12. The number of nitrogens with zero attached hydrogens (tertiary/aromatic N) is 2. The number of hydrogen-bond acceptors (Lipinski definition) is 5. The zero-order chi connectivity index (χ0) is 20.1. The minimum atomic E-state index is -0.470. The zero-order valence-electron chi connectivity index (χ0n) is 15.5. The third kappa shape index (κ3) is 4.15. The third-order valence-corrected chi connectivity index (χ3v) is 4.19. The molecule has 0 saturated carbocycles. The number of ether oxygens (including phenoxy) is 1. The maximum Gasteiger partial charge on any atom is 0.337 e. The molecule has 0 atom stereocenters. The maximum absolute atomic E-state index is 12.6. The summed E-state index contributed by atoms with van der Waals surface area (Å²) in [5.74, 6) is -1.12. The fourth-order valence-corrected chi connectivity index (χ4v) is 2.82. The summed E-state index contributed by atoms with van der Waals surface area (Å²) in [6, 6.07) is 15.5. The Balaban J connectivity index is 1.78. The lowest BCUT2D eigenvalue weighted by atomic mass is 10.2. The Hall–Kier alpha value is -3.74. The second-order valence-corrected chi connectivity index (χ2v) is 6.07. The molecular formula is C21H19N3O4. The highest BCUT2D eigenvalue weighted by Gasteiger charge is 2.17. The van der Waals surface area contributed by atoms with Crippen molar-refractivity contribution >= 4 is 40.1 Å². The van der Waals surface area contributed by atoms with Gasteiger partial charge in [-0.25, -0.2) is 4.79 Å². The van der Waals surface area contributed by atoms with E-state index >= 15 is 0 Å². The van der Waals surface area contributed by atoms with Crippen LogP contribution in [0.25, 0.3) is 10.9 Å². The van der Waals surface area contributed by atoms with Gasteiger partial charge in [-0.15, -0.1) is 0 Å². The predicted molar refractivity (Wildman–Crippen MR) is 106 cm³/mol. The minimum absolute atomic E-state index is 0.171. The van der Waals surface area contributed by atoms with E-state index in [0.29, 0.717) is 22.5 Å². The monoisotopic (exact) mass is 377 g/mol. The van der Waals surface area contributed by atoms with Gasteiger partial charge in [0.15, 0.2) is 0 Å². The molecule has 2 aromatic carbocycles. The van der Waals surface area contributed by atoms with Gasteiger partial charge in [-0.05, 0) is 36.4 Å². The number of fused-ring (bicyclic) bond motifs is 1. The van der Waals surface area contributed by atoms with Crippen molar-refractivity contribution in [1.29, 1.82) is 0 Å². The first-order valence-electron chi connectivity index (χ1n) is 8.59. The SMILES string of the molecule is COC(=O)c1ccc(N(CC(=O)Nc2cccc3cccnc23)C(C)=O)cc1. The molecule has 0 aliphatic rings. The zero-order valence-corrected chi connectivity index (χ0v) is 15.5. The van der Waals surface area contributed by atoms with E-state index in [9.17, 15) is 14.4 Å². The highest BCUT2D eigenvalue weighted by atomic mass is 16.5. The normalized spacial score (nSPS) is 10.4. The van der Waals surface area contributed by atoms with Crippen LogP contribution in [0.2, 0.25) is 0 Å². The third-order valence-electron chi connectivity index (χ3n) is 4.19. The molecule has 1 heterocycles. The molecule has 7 heteroatoms. The molecule has 1 N–H and O–H groups in total. The van der Waals surface area contributed by atoms with Crippen LogP contribution in [0.15, 0.2) is 60.8 Å². The number of para-hydroxylation sites is 1. The standard InChI is InChI=1S/C21H19N3O4/c1-14(25)24(17-10-8-16(9-11-17)21(27)28-2)13-19(26)23-18-7-3-5-15-6-4-12-22-20(15)18/h3-12H,13H2,1-2H3,(H,23,26). The molecule has 28 heavy (non-hydrogen) atoms. The van der Waals surface area contributed by atoms with Crippen molar-refractivity contribution in [1.82, 2.24) is 4.98 Å². The molecule has 1 aromatic heterocycles. The van der Waals surface area contributed by atoms with Crippen molar-refractivity contribution < 1.29 is 19.1 Å². The number of rotatable bonds is 5. The number of methoxy groups -OCH3 is 1. The van der Waals surface area contributed by atoms with Crippen LogP contribution < -0.4 is 10.2 Å². The van der Waals surface area contributed by atoms with E-state index < -0.39 is 5.97 Å². The first-order chi connectivity index (χ1) is 13.5. The Kier molecular flexibility index (Phi) is 5.64. The molecule has 0 unspecified atom stereocenters. The van der Waals surface area contributed by atoms with Crippen molar-refractivity contribution in [2.45, 2.75) is 6.92 Å². The largest absolute Gasteiger partial charge is 0.465 e. The van der Waals surface area contributed by atoms with Gasteiger partial charge in [0.1, 0.15) is 6.54 Å². The smallest absolute Gasteiger partial charge is 0.337 e. The Bertz CT molecular complexity index is 1030. The summed E-state index contributed by atoms with van der Waals surface area (Å²) in [7, 11) is 1.30. The molecule has 3 aromatic rings. The molecule has 2 amide bonds. The average molecular weight is 377 g/mol. The number of carbonyl (C=O) groups excluding carboxylic acids is 3. The molecular weight excluding hydrogens is 358 g/mol. The second-order valence-electron chi connectivity index (χ2n) is 6.07. The van der Waals surface area contributed by atoms with Gasteiger partial charge in [0, 0.05) is 24.2 Å². The van der Waals surface area contributed by atoms with Gasteiger partial charge < -0.3 is 15.0 Å². The number of carbonyl (C=O) groups is 3. The number of aromatic nitrogens is 1. The average Bonchev–Trinajstić information content (AvgIpc) is 2.71. The van der Waals surface area contributed by atoms with Crippen molar-refractivity contribution in [3.05, 3.63) is 66.4 Å². The molecule has 0 spiro atoms. The van der Waals surface area contributed by atoms with E-state index in [1.54, 1.807) is 36.5 Å². The molecule has 0 saturated heterocycles. The van der Waals surface area contributed by atoms with Crippen molar-refractivity contribution in [3.63, 3.8) is 0 Å². The van der Waals surface area contributed by atoms with Crippen LogP contribution in [-0.4, -0.2) is 36.4 Å². The molecule has 7 nitrogen and oxygen atoms in total. The fraction of sp³-hybridized carbons (Fsp3) is 0.143. The molecule has 0 fully saturated rings. The molecule has 0 aliphatic carbocycles. The van der Waals surface area contributed by atoms with E-state index in [1.807, 2.05) is 24.3 Å². The number of pyridine rings is 1. The highest BCUT2D eigenvalue weighted by molar-refractivity contribution is 6.05. The fourth-order valence-electron chi connectivity index (χ4n) is 2.82. The van der Waals surface area contributed by atoms with Crippen LogP contribution in [0.1, 0.15) is 17.3 Å². The number of benzene rings is 2. The lowest BCUT2D eigenvalue weighted by Crippen LogP contribution is -2.36. The predicted octanol–water partition coefficient (Wildman–Crippen LogP) is 3.01. The maximum atomic E-state index is 12.6. The van der Waals surface area contributed by atoms with Gasteiger partial charge in [0.25, 0.3) is 0 Å². The van der Waals surface area contributed by atoms with Gasteiger partial charge in [-0.2, -0.15) is 0 Å². The van der Waals surface area contributed by atoms with Crippen LogP contribution >= 0.6 is 0 Å². The summed E-state index contributed by atoms with van der Waals surface area (Å²) in [4.78, 5) is 41.8. The van der Waals surface area contributed by atoms with E-state index in [2.05, 4.69) is 15.0 Å². The first-order valence-corrected chi connectivity index (χ1v) is 8.59. The number of nitrogens with one attached hydrogen (secondary N) is 1. The molecule has 3 rings (SSSR count). The van der Waals surface area contributed by atoms with Gasteiger partial charge in [0.05, 0.1) is 23.9 Å². The summed E-state index contributed by atoms with van der Waals surface area (Å²) in [6.07, 6.45) is 1.66. The van der Waals surface area contributed by atoms with Crippen LogP contribution in [0.4, 0.5) is 11.4 Å². The Morgan fingerprint density at radius 2 is 1.75 bits per heavy atom. The summed E-state index contributed by atoms with van der Waals surface area (Å²) in [6.45, 7) is 1.21. The molecule has 0 bridgehead atoms. The van der Waals surface area contributed by atoms with Crippen molar-refractivity contribution in [3.8, 4) is 0 Å². The molecule has 0 aliphatic heterocycles. The van der Waals surface area contributed by atoms with Crippen LogP contribution in [0.3, 0.4) is 0 Å². The quantitative estimate of drug-likeness (QED) is 0.691. The lowest BCUT2D eigenvalue weighted by molar-refractivity contribution is -0.120. The first kappa shape index (κ1) is 19.0. The van der Waals surface area contributed by atoms with E-state index in [4.69, 9.17) is 0 Å². The Morgan fingerprint density at radius 3 is 2.43 bits per heavy atom. The number of anilines is 2. The van der Waals surface area contributed by atoms with Gasteiger partial charge in [-0.1, -0.05) is 18.2 Å².